The first kappa shape index (κ1) is 20.6. The van der Waals surface area contributed by atoms with Crippen LogP contribution in [0.15, 0.2) is 78.0 Å². The number of amides is 1. The van der Waals surface area contributed by atoms with Crippen LogP contribution in [0, 0.1) is 0 Å². The number of aromatic nitrogens is 3. The Labute approximate surface area is 187 Å². The van der Waals surface area contributed by atoms with E-state index in [2.05, 4.69) is 20.8 Å². The van der Waals surface area contributed by atoms with Crippen LogP contribution in [0.1, 0.15) is 15.9 Å². The quantitative estimate of drug-likeness (QED) is 0.339. The van der Waals surface area contributed by atoms with E-state index in [9.17, 15) is 9.90 Å². The van der Waals surface area contributed by atoms with E-state index >= 15 is 0 Å². The molecule has 154 valence electrons. The van der Waals surface area contributed by atoms with Gasteiger partial charge >= 0.3 is 0 Å². The molecule has 0 aliphatic heterocycles. The maximum atomic E-state index is 12.4. The van der Waals surface area contributed by atoms with Gasteiger partial charge in [-0.15, -0.1) is 5.10 Å². The summed E-state index contributed by atoms with van der Waals surface area (Å²) in [6.45, 7) is 0. The molecule has 9 heteroatoms. The summed E-state index contributed by atoms with van der Waals surface area (Å²) in [5.74, 6) is -0.815. The largest absolute Gasteiger partial charge is 0.507 e. The second-order valence-corrected chi connectivity index (χ2v) is 7.26. The number of nitrogens with zero attached hydrogens (tertiary/aromatic N) is 4. The molecule has 0 unspecified atom stereocenters. The van der Waals surface area contributed by atoms with Crippen molar-refractivity contribution in [1.29, 1.82) is 0 Å². The maximum absolute atomic E-state index is 12.4. The molecule has 7 nitrogen and oxygen atoms in total. The molecular weight excluding hydrogens is 437 g/mol. The third-order valence-electron chi connectivity index (χ3n) is 4.41. The first-order valence-corrected chi connectivity index (χ1v) is 9.87. The Kier molecular flexibility index (Phi) is 5.97. The number of phenols is 1. The molecule has 1 heterocycles. The van der Waals surface area contributed by atoms with Crippen molar-refractivity contribution < 1.29 is 9.90 Å². The Morgan fingerprint density at radius 3 is 2.48 bits per heavy atom. The highest BCUT2D eigenvalue weighted by atomic mass is 35.5. The minimum Gasteiger partial charge on any atom is -0.507 e. The van der Waals surface area contributed by atoms with Gasteiger partial charge in [0.1, 0.15) is 11.4 Å². The van der Waals surface area contributed by atoms with E-state index in [0.717, 1.165) is 5.56 Å². The van der Waals surface area contributed by atoms with Gasteiger partial charge < -0.3 is 5.11 Å². The number of carbonyl (C=O) groups is 1. The molecule has 0 bridgehead atoms. The fraction of sp³-hybridized carbons (Fsp3) is 0. The molecule has 0 aliphatic carbocycles. The highest BCUT2D eigenvalue weighted by Crippen LogP contribution is 2.24. The normalized spacial score (nSPS) is 11.0. The summed E-state index contributed by atoms with van der Waals surface area (Å²) in [5, 5.41) is 23.2. The van der Waals surface area contributed by atoms with Crippen LogP contribution in [-0.2, 0) is 0 Å². The molecule has 0 saturated carbocycles. The molecule has 0 aliphatic rings. The lowest BCUT2D eigenvalue weighted by Gasteiger charge is -2.06. The van der Waals surface area contributed by atoms with Gasteiger partial charge in [0.25, 0.3) is 5.91 Å². The van der Waals surface area contributed by atoms with Crippen LogP contribution in [0.4, 0.5) is 0 Å². The number of benzene rings is 3. The predicted molar refractivity (Wildman–Crippen MR) is 120 cm³/mol. The van der Waals surface area contributed by atoms with E-state index in [-0.39, 0.29) is 11.3 Å². The Bertz CT molecular complexity index is 1250. The van der Waals surface area contributed by atoms with Crippen molar-refractivity contribution in [1.82, 2.24) is 20.4 Å². The molecular formula is C22H15Cl2N5O2. The molecule has 0 fully saturated rings. The van der Waals surface area contributed by atoms with Crippen LogP contribution < -0.4 is 5.43 Å². The number of hydrogen-bond acceptors (Lipinski definition) is 5. The number of hydrazone groups is 1. The Morgan fingerprint density at radius 2 is 1.77 bits per heavy atom. The number of nitrogens with one attached hydrogen (secondary N) is 1. The van der Waals surface area contributed by atoms with Crippen LogP contribution in [0.2, 0.25) is 10.0 Å². The summed E-state index contributed by atoms with van der Waals surface area (Å²) in [5.41, 5.74) is 5.04. The van der Waals surface area contributed by atoms with E-state index < -0.39 is 5.91 Å². The Morgan fingerprint density at radius 1 is 1.03 bits per heavy atom. The summed E-state index contributed by atoms with van der Waals surface area (Å²) in [4.78, 5) is 12.4. The zero-order valence-corrected chi connectivity index (χ0v) is 17.4. The summed E-state index contributed by atoms with van der Waals surface area (Å²) >= 11 is 12.1. The zero-order valence-electron chi connectivity index (χ0n) is 15.9. The van der Waals surface area contributed by atoms with Crippen LogP contribution in [0.5, 0.6) is 5.75 Å². The third kappa shape index (κ3) is 4.58. The van der Waals surface area contributed by atoms with Crippen LogP contribution in [0.3, 0.4) is 0 Å². The highest BCUT2D eigenvalue weighted by Gasteiger charge is 2.13. The smallest absolute Gasteiger partial charge is 0.275 e. The Hall–Kier alpha value is -3.68. The number of aromatic hydroxyl groups is 1. The molecule has 0 saturated heterocycles. The molecule has 31 heavy (non-hydrogen) atoms. The second kappa shape index (κ2) is 8.99. The monoisotopic (exact) mass is 451 g/mol. The van der Waals surface area contributed by atoms with Crippen LogP contribution in [-0.4, -0.2) is 32.2 Å². The van der Waals surface area contributed by atoms with Gasteiger partial charge in [-0.1, -0.05) is 64.8 Å². The van der Waals surface area contributed by atoms with Gasteiger partial charge in [-0.3, -0.25) is 4.79 Å². The van der Waals surface area contributed by atoms with Crippen LogP contribution >= 0.6 is 23.2 Å². The first-order chi connectivity index (χ1) is 15.0. The molecule has 2 N–H and O–H groups in total. The first-order valence-electron chi connectivity index (χ1n) is 9.11. The number of phenolic OH excluding ortho intramolecular Hbond substituents is 1. The molecule has 0 atom stereocenters. The molecule has 0 spiro atoms. The minimum absolute atomic E-state index is 0.0505. The summed E-state index contributed by atoms with van der Waals surface area (Å²) < 4.78 is 1.52. The molecule has 3 aromatic carbocycles. The third-order valence-corrected chi connectivity index (χ3v) is 5.07. The number of rotatable bonds is 5. The number of halogens is 2. The van der Waals surface area contributed by atoms with Crippen molar-refractivity contribution in [2.45, 2.75) is 0 Å². The average molecular weight is 452 g/mol. The Balaban J connectivity index is 1.49. The average Bonchev–Trinajstić information content (AvgIpc) is 3.26. The molecule has 0 radical (unpaired) electrons. The molecule has 1 amide bonds. The van der Waals surface area contributed by atoms with Crippen molar-refractivity contribution in [3.05, 3.63) is 94.1 Å². The van der Waals surface area contributed by atoms with Gasteiger partial charge in [-0.05, 0) is 24.3 Å². The van der Waals surface area contributed by atoms with E-state index in [1.165, 1.54) is 23.0 Å². The predicted octanol–water partition coefficient (Wildman–Crippen LogP) is 4.71. The fourth-order valence-electron chi connectivity index (χ4n) is 2.84. The van der Waals surface area contributed by atoms with Crippen molar-refractivity contribution >= 4 is 35.3 Å². The van der Waals surface area contributed by atoms with Gasteiger partial charge in [0, 0.05) is 17.2 Å². The van der Waals surface area contributed by atoms with E-state index in [1.54, 1.807) is 30.5 Å². The topological polar surface area (TPSA) is 92.4 Å². The van der Waals surface area contributed by atoms with E-state index in [4.69, 9.17) is 23.2 Å². The number of carbonyl (C=O) groups excluding carboxylic acids is 1. The SMILES string of the molecule is O=C(NN=Cc1c(Cl)cccc1Cl)c1ccc(-n2cc(-c3ccccc3)nn2)cc1O. The van der Waals surface area contributed by atoms with Gasteiger partial charge in [0.15, 0.2) is 0 Å². The van der Waals surface area contributed by atoms with Crippen molar-refractivity contribution in [3.8, 4) is 22.7 Å². The van der Waals surface area contributed by atoms with E-state index in [0.29, 0.717) is 27.0 Å². The van der Waals surface area contributed by atoms with Gasteiger partial charge in [0.05, 0.1) is 33.7 Å². The highest BCUT2D eigenvalue weighted by molar-refractivity contribution is 6.38. The van der Waals surface area contributed by atoms with Gasteiger partial charge in [-0.25, -0.2) is 10.1 Å². The molecule has 1 aromatic heterocycles. The zero-order chi connectivity index (χ0) is 21.8. The lowest BCUT2D eigenvalue weighted by molar-refractivity contribution is 0.0952. The van der Waals surface area contributed by atoms with Gasteiger partial charge in [-0.2, -0.15) is 5.10 Å². The van der Waals surface area contributed by atoms with Gasteiger partial charge in [0.2, 0.25) is 0 Å². The standard InChI is InChI=1S/C22H15Cl2N5O2/c23-18-7-4-8-19(24)17(18)12-25-27-22(31)16-10-9-15(11-21(16)30)29-13-20(26-28-29)14-5-2-1-3-6-14/h1-13,30H,(H,27,31). The van der Waals surface area contributed by atoms with Crippen molar-refractivity contribution in [2.24, 2.45) is 5.10 Å². The second-order valence-electron chi connectivity index (χ2n) is 6.45. The number of hydrogen-bond donors (Lipinski definition) is 2. The lowest BCUT2D eigenvalue weighted by Crippen LogP contribution is -2.18. The summed E-state index contributed by atoms with van der Waals surface area (Å²) in [7, 11) is 0. The lowest BCUT2D eigenvalue weighted by atomic mass is 10.1. The maximum Gasteiger partial charge on any atom is 0.275 e. The van der Waals surface area contributed by atoms with Crippen molar-refractivity contribution in [2.75, 3.05) is 0 Å². The summed E-state index contributed by atoms with van der Waals surface area (Å²) in [6.07, 6.45) is 3.08. The van der Waals surface area contributed by atoms with E-state index in [1.807, 2.05) is 30.3 Å². The van der Waals surface area contributed by atoms with Crippen LogP contribution in [0.25, 0.3) is 16.9 Å². The summed E-state index contributed by atoms with van der Waals surface area (Å²) in [6, 6.07) is 19.2. The molecule has 4 aromatic rings. The fourth-order valence-corrected chi connectivity index (χ4v) is 3.33. The minimum atomic E-state index is -0.591. The van der Waals surface area contributed by atoms with Crippen molar-refractivity contribution in [3.63, 3.8) is 0 Å². The molecule has 4 rings (SSSR count).